The summed E-state index contributed by atoms with van der Waals surface area (Å²) < 4.78 is 5.72. The Morgan fingerprint density at radius 3 is 2.81 bits per heavy atom. The minimum absolute atomic E-state index is 0.326. The Hall–Kier alpha value is -1.34. The highest BCUT2D eigenvalue weighted by atomic mass is 16.5. The molecule has 1 aromatic carbocycles. The molecule has 0 fully saturated rings. The van der Waals surface area contributed by atoms with Gasteiger partial charge in [0.05, 0.1) is 18.3 Å². The molecule has 0 aromatic heterocycles. The molecule has 0 bridgehead atoms. The monoisotopic (exact) mass is 287 g/mol. The fraction of sp³-hybridized carbons (Fsp3) is 0.556. The number of hydrogen-bond donors (Lipinski definition) is 1. The Balaban J connectivity index is 1.79. The Kier molecular flexibility index (Phi) is 5.41. The van der Waals surface area contributed by atoms with Crippen LogP contribution in [0.5, 0.6) is 0 Å². The van der Waals surface area contributed by atoms with Gasteiger partial charge in [-0.2, -0.15) is 0 Å². The summed E-state index contributed by atoms with van der Waals surface area (Å²) in [5, 5.41) is 10.2. The molecule has 0 amide bonds. The van der Waals surface area contributed by atoms with E-state index >= 15 is 0 Å². The molecular weight excluding hydrogens is 262 g/mol. The molecular formula is C18H25NO2. The molecule has 1 heterocycles. The molecule has 1 atom stereocenters. The zero-order chi connectivity index (χ0) is 15.3. The number of rotatable bonds is 6. The van der Waals surface area contributed by atoms with Crippen LogP contribution in [0.2, 0.25) is 0 Å². The highest BCUT2D eigenvalue weighted by molar-refractivity contribution is 5.29. The van der Waals surface area contributed by atoms with Crippen molar-refractivity contribution in [3.8, 4) is 12.3 Å². The first kappa shape index (κ1) is 16.0. The summed E-state index contributed by atoms with van der Waals surface area (Å²) in [5.41, 5.74) is 2.42. The van der Waals surface area contributed by atoms with Crippen LogP contribution in [0.15, 0.2) is 24.3 Å². The Morgan fingerprint density at radius 2 is 2.10 bits per heavy atom. The molecule has 0 unspecified atom stereocenters. The zero-order valence-electron chi connectivity index (χ0n) is 13.0. The predicted molar refractivity (Wildman–Crippen MR) is 84.9 cm³/mol. The van der Waals surface area contributed by atoms with Gasteiger partial charge in [-0.3, -0.25) is 4.90 Å². The van der Waals surface area contributed by atoms with Gasteiger partial charge in [0.25, 0.3) is 0 Å². The lowest BCUT2D eigenvalue weighted by molar-refractivity contribution is -0.0637. The fourth-order valence-electron chi connectivity index (χ4n) is 2.68. The number of aliphatic hydroxyl groups excluding tert-OH is 1. The standard InChI is InChI=1S/C18H25NO2/c1-4-10-18(2,3)21-14-17(20)13-19-11-9-15-7-5-6-8-16(15)12-19/h1,5-8,17,20H,9-14H2,2-3H3/t17-/m0/s1. The van der Waals surface area contributed by atoms with E-state index < -0.39 is 6.10 Å². The Labute approximate surface area is 127 Å². The lowest BCUT2D eigenvalue weighted by atomic mass is 10.00. The normalized spacial score (nSPS) is 17.0. The molecule has 0 radical (unpaired) electrons. The van der Waals surface area contributed by atoms with Gasteiger partial charge in [-0.25, -0.2) is 0 Å². The van der Waals surface area contributed by atoms with E-state index in [0.717, 1.165) is 19.5 Å². The molecule has 0 saturated heterocycles. The molecule has 1 aliphatic rings. The van der Waals surface area contributed by atoms with Crippen LogP contribution in [-0.2, 0) is 17.7 Å². The van der Waals surface area contributed by atoms with Crippen molar-refractivity contribution in [1.82, 2.24) is 4.90 Å². The van der Waals surface area contributed by atoms with E-state index in [9.17, 15) is 5.11 Å². The minimum atomic E-state index is -0.479. The predicted octanol–water partition coefficient (Wildman–Crippen LogP) is 2.22. The number of fused-ring (bicyclic) bond motifs is 1. The Morgan fingerprint density at radius 1 is 1.38 bits per heavy atom. The lowest BCUT2D eigenvalue weighted by Gasteiger charge is -2.31. The lowest BCUT2D eigenvalue weighted by Crippen LogP contribution is -2.39. The van der Waals surface area contributed by atoms with Gasteiger partial charge in [0, 0.05) is 26.1 Å². The van der Waals surface area contributed by atoms with Crippen LogP contribution in [0, 0.1) is 12.3 Å². The molecule has 0 spiro atoms. The summed E-state index contributed by atoms with van der Waals surface area (Å²) in [6.07, 6.45) is 6.44. The van der Waals surface area contributed by atoms with Crippen LogP contribution in [-0.4, -0.2) is 41.4 Å². The molecule has 21 heavy (non-hydrogen) atoms. The van der Waals surface area contributed by atoms with E-state index in [1.165, 1.54) is 11.1 Å². The van der Waals surface area contributed by atoms with Crippen molar-refractivity contribution in [2.75, 3.05) is 19.7 Å². The number of hydrogen-bond acceptors (Lipinski definition) is 3. The summed E-state index contributed by atoms with van der Waals surface area (Å²) in [6, 6.07) is 8.52. The average molecular weight is 287 g/mol. The van der Waals surface area contributed by atoms with Crippen molar-refractivity contribution in [2.45, 2.75) is 44.9 Å². The SMILES string of the molecule is C#CCC(C)(C)OC[C@@H](O)CN1CCc2ccccc2C1. The van der Waals surface area contributed by atoms with Crippen LogP contribution in [0.25, 0.3) is 0 Å². The summed E-state index contributed by atoms with van der Waals surface area (Å²) in [5.74, 6) is 2.61. The number of nitrogens with zero attached hydrogens (tertiary/aromatic N) is 1. The maximum atomic E-state index is 10.2. The minimum Gasteiger partial charge on any atom is -0.389 e. The molecule has 2 rings (SSSR count). The van der Waals surface area contributed by atoms with Crippen LogP contribution in [0.3, 0.4) is 0 Å². The van der Waals surface area contributed by atoms with E-state index in [2.05, 4.69) is 35.1 Å². The van der Waals surface area contributed by atoms with Gasteiger partial charge in [0.1, 0.15) is 0 Å². The van der Waals surface area contributed by atoms with Crippen molar-refractivity contribution in [1.29, 1.82) is 0 Å². The van der Waals surface area contributed by atoms with Crippen molar-refractivity contribution in [3.05, 3.63) is 35.4 Å². The van der Waals surface area contributed by atoms with Crippen LogP contribution >= 0.6 is 0 Å². The van der Waals surface area contributed by atoms with Gasteiger partial charge < -0.3 is 9.84 Å². The molecule has 1 aliphatic heterocycles. The average Bonchev–Trinajstić information content (AvgIpc) is 2.45. The van der Waals surface area contributed by atoms with Gasteiger partial charge in [0.15, 0.2) is 0 Å². The number of benzene rings is 1. The molecule has 3 nitrogen and oxygen atoms in total. The maximum Gasteiger partial charge on any atom is 0.0900 e. The van der Waals surface area contributed by atoms with E-state index in [1.807, 2.05) is 13.8 Å². The first-order valence-electron chi connectivity index (χ1n) is 7.55. The largest absolute Gasteiger partial charge is 0.389 e. The summed E-state index contributed by atoms with van der Waals surface area (Å²) in [7, 11) is 0. The molecule has 114 valence electrons. The third kappa shape index (κ3) is 4.86. The molecule has 3 heteroatoms. The van der Waals surface area contributed by atoms with Gasteiger partial charge in [-0.05, 0) is 31.4 Å². The third-order valence-electron chi connectivity index (χ3n) is 3.87. The molecule has 0 saturated carbocycles. The number of terminal acetylenes is 1. The van der Waals surface area contributed by atoms with Crippen molar-refractivity contribution in [2.24, 2.45) is 0 Å². The zero-order valence-corrected chi connectivity index (χ0v) is 13.0. The van der Waals surface area contributed by atoms with Gasteiger partial charge >= 0.3 is 0 Å². The van der Waals surface area contributed by atoms with Crippen molar-refractivity contribution < 1.29 is 9.84 Å². The van der Waals surface area contributed by atoms with Crippen LogP contribution in [0.4, 0.5) is 0 Å². The van der Waals surface area contributed by atoms with Gasteiger partial charge in [-0.15, -0.1) is 12.3 Å². The second-order valence-corrected chi connectivity index (χ2v) is 6.36. The first-order valence-corrected chi connectivity index (χ1v) is 7.55. The van der Waals surface area contributed by atoms with Crippen molar-refractivity contribution in [3.63, 3.8) is 0 Å². The quantitative estimate of drug-likeness (QED) is 0.814. The summed E-state index contributed by atoms with van der Waals surface area (Å²) >= 11 is 0. The van der Waals surface area contributed by atoms with E-state index in [4.69, 9.17) is 11.2 Å². The summed E-state index contributed by atoms with van der Waals surface area (Å²) in [6.45, 7) is 6.77. The van der Waals surface area contributed by atoms with E-state index in [0.29, 0.717) is 19.6 Å². The van der Waals surface area contributed by atoms with Gasteiger partial charge in [-0.1, -0.05) is 24.3 Å². The second kappa shape index (κ2) is 7.09. The topological polar surface area (TPSA) is 32.7 Å². The van der Waals surface area contributed by atoms with E-state index in [1.54, 1.807) is 0 Å². The first-order chi connectivity index (χ1) is 10.00. The molecule has 1 N–H and O–H groups in total. The van der Waals surface area contributed by atoms with Gasteiger partial charge in [0.2, 0.25) is 0 Å². The number of β-amino-alcohol motifs (C(OH)–C–C–N with tert-alkyl or cyclic N) is 1. The Bertz CT molecular complexity index is 504. The van der Waals surface area contributed by atoms with Crippen LogP contribution < -0.4 is 0 Å². The highest BCUT2D eigenvalue weighted by Gasteiger charge is 2.22. The van der Waals surface area contributed by atoms with Crippen LogP contribution in [0.1, 0.15) is 31.4 Å². The van der Waals surface area contributed by atoms with Crippen molar-refractivity contribution >= 4 is 0 Å². The number of aliphatic hydroxyl groups is 1. The fourth-order valence-corrected chi connectivity index (χ4v) is 2.68. The maximum absolute atomic E-state index is 10.2. The van der Waals surface area contributed by atoms with E-state index in [-0.39, 0.29) is 5.60 Å². The molecule has 0 aliphatic carbocycles. The third-order valence-corrected chi connectivity index (χ3v) is 3.87. The number of ether oxygens (including phenoxy) is 1. The second-order valence-electron chi connectivity index (χ2n) is 6.36. The summed E-state index contributed by atoms with van der Waals surface area (Å²) in [4.78, 5) is 2.28. The molecule has 1 aromatic rings. The smallest absolute Gasteiger partial charge is 0.0900 e. The highest BCUT2D eigenvalue weighted by Crippen LogP contribution is 2.19.